The molecule has 1 atom stereocenters. The van der Waals surface area contributed by atoms with E-state index in [4.69, 9.17) is 5.26 Å². The van der Waals surface area contributed by atoms with Crippen molar-refractivity contribution in [2.45, 2.75) is 13.0 Å². The van der Waals surface area contributed by atoms with Crippen LogP contribution in [-0.2, 0) is 0 Å². The number of benzene rings is 1. The predicted molar refractivity (Wildman–Crippen MR) is 65.6 cm³/mol. The van der Waals surface area contributed by atoms with Gasteiger partial charge < -0.3 is 10.4 Å². The average Bonchev–Trinajstić information content (AvgIpc) is 2.40. The third-order valence-electron chi connectivity index (χ3n) is 3.42. The highest BCUT2D eigenvalue weighted by Crippen LogP contribution is 2.32. The van der Waals surface area contributed by atoms with Crippen molar-refractivity contribution in [3.05, 3.63) is 29.1 Å². The summed E-state index contributed by atoms with van der Waals surface area (Å²) in [6, 6.07) is 4.47. The minimum absolute atomic E-state index is 0.0280. The molecule has 1 fully saturated rings. The predicted octanol–water partition coefficient (Wildman–Crippen LogP) is 1.37. The van der Waals surface area contributed by atoms with Crippen LogP contribution in [0.4, 0.5) is 4.39 Å². The van der Waals surface area contributed by atoms with Crippen LogP contribution in [0.5, 0.6) is 5.75 Å². The number of hydrogen-bond acceptors (Lipinski definition) is 4. The SMILES string of the molecule is C[C@H](c1ccc(F)c(C#N)c1O)N1CCNCC1. The number of phenolic OH excluding ortho intramolecular Hbond substituents is 1. The maximum absolute atomic E-state index is 13.3. The van der Waals surface area contributed by atoms with Crippen LogP contribution in [0.2, 0.25) is 0 Å². The molecule has 4 nitrogen and oxygen atoms in total. The number of nitrogens with one attached hydrogen (secondary N) is 1. The van der Waals surface area contributed by atoms with Crippen LogP contribution < -0.4 is 5.32 Å². The lowest BCUT2D eigenvalue weighted by Crippen LogP contribution is -2.44. The molecule has 96 valence electrons. The molecular formula is C13H16FN3O. The molecule has 0 bridgehead atoms. The minimum atomic E-state index is -0.675. The first kappa shape index (κ1) is 12.8. The summed E-state index contributed by atoms with van der Waals surface area (Å²) in [4.78, 5) is 2.20. The van der Waals surface area contributed by atoms with Crippen LogP contribution in [0.25, 0.3) is 0 Å². The first-order valence-electron chi connectivity index (χ1n) is 6.01. The molecule has 1 aromatic carbocycles. The van der Waals surface area contributed by atoms with Gasteiger partial charge in [-0.2, -0.15) is 5.26 Å². The molecule has 0 radical (unpaired) electrons. The Morgan fingerprint density at radius 2 is 2.11 bits per heavy atom. The first-order valence-corrected chi connectivity index (χ1v) is 6.01. The van der Waals surface area contributed by atoms with Crippen LogP contribution in [0.3, 0.4) is 0 Å². The van der Waals surface area contributed by atoms with Crippen LogP contribution in [0.15, 0.2) is 12.1 Å². The number of aromatic hydroxyl groups is 1. The summed E-state index contributed by atoms with van der Waals surface area (Å²) < 4.78 is 13.3. The molecule has 2 rings (SSSR count). The van der Waals surface area contributed by atoms with E-state index in [1.807, 2.05) is 6.92 Å². The van der Waals surface area contributed by atoms with Crippen molar-refractivity contribution in [1.29, 1.82) is 5.26 Å². The molecule has 0 aliphatic carbocycles. The number of nitrogens with zero attached hydrogens (tertiary/aromatic N) is 2. The highest BCUT2D eigenvalue weighted by molar-refractivity contribution is 5.49. The van der Waals surface area contributed by atoms with Gasteiger partial charge in [0.15, 0.2) is 0 Å². The average molecular weight is 249 g/mol. The summed E-state index contributed by atoms with van der Waals surface area (Å²) in [5.41, 5.74) is 0.337. The van der Waals surface area contributed by atoms with E-state index in [9.17, 15) is 9.50 Å². The van der Waals surface area contributed by atoms with Gasteiger partial charge in [-0.3, -0.25) is 4.90 Å². The Labute approximate surface area is 106 Å². The Morgan fingerprint density at radius 1 is 1.44 bits per heavy atom. The first-order chi connectivity index (χ1) is 8.65. The van der Waals surface area contributed by atoms with Gasteiger partial charge in [-0.25, -0.2) is 4.39 Å². The molecule has 1 heterocycles. The van der Waals surface area contributed by atoms with Crippen molar-refractivity contribution in [2.24, 2.45) is 0 Å². The molecule has 1 aromatic rings. The molecule has 2 N–H and O–H groups in total. The van der Waals surface area contributed by atoms with E-state index in [1.54, 1.807) is 12.1 Å². The van der Waals surface area contributed by atoms with E-state index < -0.39 is 5.82 Å². The fourth-order valence-electron chi connectivity index (χ4n) is 2.29. The molecule has 1 saturated heterocycles. The van der Waals surface area contributed by atoms with E-state index in [2.05, 4.69) is 10.2 Å². The summed E-state index contributed by atoms with van der Waals surface area (Å²) >= 11 is 0. The lowest BCUT2D eigenvalue weighted by molar-refractivity contribution is 0.183. The zero-order chi connectivity index (χ0) is 13.1. The Kier molecular flexibility index (Phi) is 3.80. The van der Waals surface area contributed by atoms with Gasteiger partial charge in [-0.05, 0) is 13.0 Å². The summed E-state index contributed by atoms with van der Waals surface area (Å²) in [5.74, 6) is -0.908. The number of hydrogen-bond donors (Lipinski definition) is 2. The standard InChI is InChI=1S/C13H16FN3O/c1-9(17-6-4-16-5-7-17)10-2-3-12(14)11(8-15)13(10)18/h2-3,9,16,18H,4-7H2,1H3/t9-/m1/s1. The largest absolute Gasteiger partial charge is 0.506 e. The van der Waals surface area contributed by atoms with Crippen molar-refractivity contribution < 1.29 is 9.50 Å². The van der Waals surface area contributed by atoms with Crippen molar-refractivity contribution in [3.63, 3.8) is 0 Å². The van der Waals surface area contributed by atoms with E-state index >= 15 is 0 Å². The fourth-order valence-corrected chi connectivity index (χ4v) is 2.29. The van der Waals surface area contributed by atoms with E-state index in [1.165, 1.54) is 6.07 Å². The van der Waals surface area contributed by atoms with Gasteiger partial charge in [0.05, 0.1) is 0 Å². The lowest BCUT2D eigenvalue weighted by Gasteiger charge is -2.33. The van der Waals surface area contributed by atoms with Gasteiger partial charge in [-0.1, -0.05) is 6.07 Å². The summed E-state index contributed by atoms with van der Waals surface area (Å²) in [6.45, 7) is 5.51. The van der Waals surface area contributed by atoms with Gasteiger partial charge in [0.1, 0.15) is 23.2 Å². The van der Waals surface area contributed by atoms with Crippen LogP contribution in [-0.4, -0.2) is 36.2 Å². The zero-order valence-electron chi connectivity index (χ0n) is 10.3. The van der Waals surface area contributed by atoms with Gasteiger partial charge in [-0.15, -0.1) is 0 Å². The van der Waals surface area contributed by atoms with Crippen molar-refractivity contribution in [3.8, 4) is 11.8 Å². The lowest BCUT2D eigenvalue weighted by atomic mass is 10.0. The molecule has 1 aliphatic heterocycles. The maximum Gasteiger partial charge on any atom is 0.144 e. The summed E-state index contributed by atoms with van der Waals surface area (Å²) in [5, 5.41) is 22.1. The Balaban J connectivity index is 2.30. The third-order valence-corrected chi connectivity index (χ3v) is 3.42. The second-order valence-corrected chi connectivity index (χ2v) is 4.43. The number of nitriles is 1. The smallest absolute Gasteiger partial charge is 0.144 e. The third kappa shape index (κ3) is 2.30. The Hall–Kier alpha value is -1.64. The van der Waals surface area contributed by atoms with Gasteiger partial charge in [0.25, 0.3) is 0 Å². The second-order valence-electron chi connectivity index (χ2n) is 4.43. The molecule has 0 spiro atoms. The number of phenols is 1. The zero-order valence-corrected chi connectivity index (χ0v) is 10.3. The van der Waals surface area contributed by atoms with Gasteiger partial charge >= 0.3 is 0 Å². The number of halogens is 1. The molecular weight excluding hydrogens is 233 g/mol. The Morgan fingerprint density at radius 3 is 2.72 bits per heavy atom. The van der Waals surface area contributed by atoms with Gasteiger partial charge in [0, 0.05) is 37.8 Å². The second kappa shape index (κ2) is 5.34. The van der Waals surface area contributed by atoms with Crippen molar-refractivity contribution in [2.75, 3.05) is 26.2 Å². The fraction of sp³-hybridized carbons (Fsp3) is 0.462. The van der Waals surface area contributed by atoms with E-state index in [0.29, 0.717) is 5.56 Å². The molecule has 5 heteroatoms. The van der Waals surface area contributed by atoms with E-state index in [0.717, 1.165) is 26.2 Å². The molecule has 0 saturated carbocycles. The topological polar surface area (TPSA) is 59.3 Å². The van der Waals surface area contributed by atoms with Crippen LogP contribution in [0, 0.1) is 17.1 Å². The van der Waals surface area contributed by atoms with E-state index in [-0.39, 0.29) is 17.4 Å². The Bertz CT molecular complexity index is 478. The quantitative estimate of drug-likeness (QED) is 0.831. The summed E-state index contributed by atoms with van der Waals surface area (Å²) in [6.07, 6.45) is 0. The number of piperazine rings is 1. The minimum Gasteiger partial charge on any atom is -0.506 e. The molecule has 0 amide bonds. The highest BCUT2D eigenvalue weighted by Gasteiger charge is 2.22. The van der Waals surface area contributed by atoms with Crippen LogP contribution in [0.1, 0.15) is 24.1 Å². The number of rotatable bonds is 2. The monoisotopic (exact) mass is 249 g/mol. The highest BCUT2D eigenvalue weighted by atomic mass is 19.1. The van der Waals surface area contributed by atoms with Gasteiger partial charge in [0.2, 0.25) is 0 Å². The molecule has 0 aromatic heterocycles. The molecule has 1 aliphatic rings. The molecule has 0 unspecified atom stereocenters. The normalized spacial score (nSPS) is 18.3. The van der Waals surface area contributed by atoms with Crippen molar-refractivity contribution in [1.82, 2.24) is 10.2 Å². The molecule has 18 heavy (non-hydrogen) atoms. The maximum atomic E-state index is 13.3. The van der Waals surface area contributed by atoms with Crippen LogP contribution >= 0.6 is 0 Å². The summed E-state index contributed by atoms with van der Waals surface area (Å²) in [7, 11) is 0. The van der Waals surface area contributed by atoms with Crippen molar-refractivity contribution >= 4 is 0 Å².